The molecule has 4 nitrogen and oxygen atoms in total. The van der Waals surface area contributed by atoms with E-state index in [0.29, 0.717) is 18.4 Å². The van der Waals surface area contributed by atoms with Crippen LogP contribution in [-0.2, 0) is 4.74 Å². The third kappa shape index (κ3) is 2.67. The van der Waals surface area contributed by atoms with Crippen molar-refractivity contribution in [3.63, 3.8) is 0 Å². The SMILES string of the molecule is O=C(N[C@H]1[C@@H](CO)[C@H]2C=C[C@@H]1C2)OCC1c2ccccc2-c2ccccc21. The van der Waals surface area contributed by atoms with Gasteiger partial charge in [-0.1, -0.05) is 60.7 Å². The maximum absolute atomic E-state index is 12.5. The number of hydrogen-bond acceptors (Lipinski definition) is 3. The van der Waals surface area contributed by atoms with Crippen LogP contribution in [0.1, 0.15) is 23.5 Å². The first-order valence-corrected chi connectivity index (χ1v) is 9.67. The number of aliphatic hydroxyl groups is 1. The standard InChI is InChI=1S/C23H23NO3/c25-12-20-14-9-10-15(11-14)22(20)24-23(26)27-13-21-18-7-3-1-5-16(18)17-6-2-4-8-19(17)21/h1-10,14-15,20-22,25H,11-13H2,(H,24,26)/t14-,15+,20-,22+/m0/s1. The smallest absolute Gasteiger partial charge is 0.407 e. The summed E-state index contributed by atoms with van der Waals surface area (Å²) in [4.78, 5) is 12.5. The molecule has 1 fully saturated rings. The zero-order chi connectivity index (χ0) is 18.4. The van der Waals surface area contributed by atoms with Crippen LogP contribution in [0.15, 0.2) is 60.7 Å². The van der Waals surface area contributed by atoms with Gasteiger partial charge in [-0.3, -0.25) is 0 Å². The summed E-state index contributed by atoms with van der Waals surface area (Å²) in [5.74, 6) is 0.851. The van der Waals surface area contributed by atoms with Crippen LogP contribution in [0.25, 0.3) is 11.1 Å². The quantitative estimate of drug-likeness (QED) is 0.816. The van der Waals surface area contributed by atoms with Crippen molar-refractivity contribution in [1.29, 1.82) is 0 Å². The molecule has 0 spiro atoms. The number of alkyl carbamates (subject to hydrolysis) is 1. The van der Waals surface area contributed by atoms with Crippen molar-refractivity contribution in [3.8, 4) is 11.1 Å². The fraction of sp³-hybridized carbons (Fsp3) is 0.348. The zero-order valence-corrected chi connectivity index (χ0v) is 15.0. The van der Waals surface area contributed by atoms with Crippen LogP contribution < -0.4 is 5.32 Å². The van der Waals surface area contributed by atoms with Gasteiger partial charge >= 0.3 is 6.09 Å². The lowest BCUT2D eigenvalue weighted by Gasteiger charge is -2.27. The van der Waals surface area contributed by atoms with Crippen LogP contribution in [-0.4, -0.2) is 30.5 Å². The van der Waals surface area contributed by atoms with Crippen molar-refractivity contribution < 1.29 is 14.6 Å². The highest BCUT2D eigenvalue weighted by atomic mass is 16.5. The molecule has 3 aliphatic carbocycles. The number of allylic oxidation sites excluding steroid dienone is 1. The number of amides is 1. The third-order valence-corrected chi connectivity index (χ3v) is 6.46. The Morgan fingerprint density at radius 1 is 1.00 bits per heavy atom. The predicted molar refractivity (Wildman–Crippen MR) is 103 cm³/mol. The summed E-state index contributed by atoms with van der Waals surface area (Å²) in [6.07, 6.45) is 4.95. The molecular formula is C23H23NO3. The Labute approximate surface area is 158 Å². The monoisotopic (exact) mass is 361 g/mol. The zero-order valence-electron chi connectivity index (χ0n) is 15.0. The van der Waals surface area contributed by atoms with E-state index in [1.807, 2.05) is 24.3 Å². The van der Waals surface area contributed by atoms with E-state index in [2.05, 4.69) is 41.7 Å². The first-order chi connectivity index (χ1) is 13.3. The van der Waals surface area contributed by atoms with Crippen molar-refractivity contribution in [2.45, 2.75) is 18.4 Å². The molecule has 1 saturated carbocycles. The fourth-order valence-corrected chi connectivity index (χ4v) is 5.16. The maximum Gasteiger partial charge on any atom is 0.407 e. The molecule has 4 heteroatoms. The van der Waals surface area contributed by atoms with E-state index in [9.17, 15) is 9.90 Å². The van der Waals surface area contributed by atoms with Gasteiger partial charge in [-0.25, -0.2) is 4.79 Å². The first kappa shape index (κ1) is 16.6. The van der Waals surface area contributed by atoms with Crippen molar-refractivity contribution in [3.05, 3.63) is 71.8 Å². The molecule has 3 aliphatic rings. The van der Waals surface area contributed by atoms with E-state index in [0.717, 1.165) is 6.42 Å². The van der Waals surface area contributed by atoms with Crippen LogP contribution >= 0.6 is 0 Å². The average Bonchev–Trinajstić information content (AvgIpc) is 3.38. The van der Waals surface area contributed by atoms with Crippen LogP contribution in [0.5, 0.6) is 0 Å². The molecule has 4 atom stereocenters. The number of carbonyl (C=O) groups is 1. The second-order valence-corrected chi connectivity index (χ2v) is 7.79. The van der Waals surface area contributed by atoms with E-state index in [1.165, 1.54) is 22.3 Å². The second-order valence-electron chi connectivity index (χ2n) is 7.79. The number of nitrogens with one attached hydrogen (secondary N) is 1. The Morgan fingerprint density at radius 3 is 2.30 bits per heavy atom. The number of fused-ring (bicyclic) bond motifs is 5. The minimum atomic E-state index is -0.388. The van der Waals surface area contributed by atoms with Gasteiger partial charge in [-0.05, 0) is 40.5 Å². The summed E-state index contributed by atoms with van der Waals surface area (Å²) in [5.41, 5.74) is 4.87. The molecule has 0 unspecified atom stereocenters. The minimum Gasteiger partial charge on any atom is -0.449 e. The normalized spacial score (nSPS) is 27.4. The number of carbonyl (C=O) groups excluding carboxylic acids is 1. The van der Waals surface area contributed by atoms with Gasteiger partial charge in [0.05, 0.1) is 0 Å². The molecule has 1 amide bonds. The van der Waals surface area contributed by atoms with Gasteiger partial charge in [-0.2, -0.15) is 0 Å². The summed E-state index contributed by atoms with van der Waals surface area (Å²) < 4.78 is 5.65. The second kappa shape index (κ2) is 6.54. The summed E-state index contributed by atoms with van der Waals surface area (Å²) in [6, 6.07) is 16.6. The lowest BCUT2D eigenvalue weighted by atomic mass is 9.90. The molecule has 2 bridgehead atoms. The molecule has 0 aliphatic heterocycles. The van der Waals surface area contributed by atoms with E-state index in [4.69, 9.17) is 4.74 Å². The minimum absolute atomic E-state index is 0.0272. The third-order valence-electron chi connectivity index (χ3n) is 6.46. The Bertz CT molecular complexity index is 861. The van der Waals surface area contributed by atoms with E-state index in [1.54, 1.807) is 0 Å². The van der Waals surface area contributed by atoms with E-state index in [-0.39, 0.29) is 30.6 Å². The van der Waals surface area contributed by atoms with Gasteiger partial charge in [0.15, 0.2) is 0 Å². The summed E-state index contributed by atoms with van der Waals surface area (Å²) in [6.45, 7) is 0.417. The average molecular weight is 361 g/mol. The maximum atomic E-state index is 12.5. The Morgan fingerprint density at radius 2 is 1.63 bits per heavy atom. The summed E-state index contributed by atoms with van der Waals surface area (Å²) >= 11 is 0. The molecule has 2 N–H and O–H groups in total. The van der Waals surface area contributed by atoms with Crippen LogP contribution in [0.2, 0.25) is 0 Å². The molecule has 0 radical (unpaired) electrons. The van der Waals surface area contributed by atoms with Crippen molar-refractivity contribution in [2.24, 2.45) is 17.8 Å². The fourth-order valence-electron chi connectivity index (χ4n) is 5.16. The Hall–Kier alpha value is -2.59. The predicted octanol–water partition coefficient (Wildman–Crippen LogP) is 3.71. The van der Waals surface area contributed by atoms with Crippen molar-refractivity contribution in [2.75, 3.05) is 13.2 Å². The van der Waals surface area contributed by atoms with Gasteiger partial charge in [0, 0.05) is 24.5 Å². The molecule has 0 heterocycles. The Kier molecular flexibility index (Phi) is 4.01. The molecule has 2 aromatic carbocycles. The number of hydrogen-bond donors (Lipinski definition) is 2. The van der Waals surface area contributed by atoms with E-state index >= 15 is 0 Å². The summed E-state index contributed by atoms with van der Waals surface area (Å²) in [5, 5.41) is 12.7. The number of ether oxygens (including phenoxy) is 1. The Balaban J connectivity index is 1.29. The van der Waals surface area contributed by atoms with Gasteiger partial charge in [0.2, 0.25) is 0 Å². The van der Waals surface area contributed by atoms with Crippen LogP contribution in [0.4, 0.5) is 4.79 Å². The van der Waals surface area contributed by atoms with Gasteiger partial charge in [0.1, 0.15) is 6.61 Å². The highest BCUT2D eigenvalue weighted by Crippen LogP contribution is 2.45. The van der Waals surface area contributed by atoms with Crippen molar-refractivity contribution in [1.82, 2.24) is 5.32 Å². The van der Waals surface area contributed by atoms with Gasteiger partial charge < -0.3 is 15.2 Å². The van der Waals surface area contributed by atoms with E-state index < -0.39 is 0 Å². The number of benzene rings is 2. The molecule has 0 saturated heterocycles. The lowest BCUT2D eigenvalue weighted by Crippen LogP contribution is -2.44. The largest absolute Gasteiger partial charge is 0.449 e. The highest BCUT2D eigenvalue weighted by molar-refractivity contribution is 5.79. The lowest BCUT2D eigenvalue weighted by molar-refractivity contribution is 0.125. The summed E-state index contributed by atoms with van der Waals surface area (Å²) in [7, 11) is 0. The van der Waals surface area contributed by atoms with Crippen molar-refractivity contribution >= 4 is 6.09 Å². The first-order valence-electron chi connectivity index (χ1n) is 9.67. The van der Waals surface area contributed by atoms with Gasteiger partial charge in [0.25, 0.3) is 0 Å². The number of rotatable bonds is 4. The van der Waals surface area contributed by atoms with Crippen LogP contribution in [0, 0.1) is 17.8 Å². The molecule has 0 aromatic heterocycles. The van der Waals surface area contributed by atoms with Gasteiger partial charge in [-0.15, -0.1) is 0 Å². The molecule has 138 valence electrons. The molecule has 2 aromatic rings. The molecule has 5 rings (SSSR count). The van der Waals surface area contributed by atoms with Crippen LogP contribution in [0.3, 0.4) is 0 Å². The molecular weight excluding hydrogens is 338 g/mol. The number of aliphatic hydroxyl groups excluding tert-OH is 1. The highest BCUT2D eigenvalue weighted by Gasteiger charge is 2.45. The molecule has 27 heavy (non-hydrogen) atoms. The topological polar surface area (TPSA) is 58.6 Å².